The lowest BCUT2D eigenvalue weighted by molar-refractivity contribution is -0.392. The fourth-order valence-corrected chi connectivity index (χ4v) is 2.23. The molecule has 24 heavy (non-hydrogen) atoms. The predicted molar refractivity (Wildman–Crippen MR) is 78.7 cm³/mol. The van der Waals surface area contributed by atoms with Crippen LogP contribution in [0.5, 0.6) is 0 Å². The first-order valence-corrected chi connectivity index (χ1v) is 6.67. The molecule has 0 fully saturated rings. The van der Waals surface area contributed by atoms with Crippen LogP contribution in [0.15, 0.2) is 6.07 Å². The first-order valence-electron chi connectivity index (χ1n) is 6.67. The van der Waals surface area contributed by atoms with Gasteiger partial charge >= 0.3 is 11.9 Å². The number of nitro benzene ring substituents is 2. The number of anilines is 2. The summed E-state index contributed by atoms with van der Waals surface area (Å²) < 4.78 is 38.9. The SMILES string of the molecule is CCN(CC(C)O)c1c([N+](=O)[O-])cc(C(F)(F)F)c(N)c1[N+](=O)[O-]. The third-order valence-corrected chi connectivity index (χ3v) is 3.16. The molecule has 134 valence electrons. The van der Waals surface area contributed by atoms with Crippen molar-refractivity contribution in [1.82, 2.24) is 0 Å². The van der Waals surface area contributed by atoms with Gasteiger partial charge in [-0.15, -0.1) is 0 Å². The van der Waals surface area contributed by atoms with Crippen LogP contribution in [-0.4, -0.2) is 34.1 Å². The second kappa shape index (κ2) is 6.86. The molecule has 12 heteroatoms. The molecule has 1 aromatic rings. The van der Waals surface area contributed by atoms with E-state index in [1.807, 2.05) is 0 Å². The molecule has 3 N–H and O–H groups in total. The van der Waals surface area contributed by atoms with Crippen LogP contribution in [0.2, 0.25) is 0 Å². The van der Waals surface area contributed by atoms with Gasteiger partial charge in [-0.3, -0.25) is 20.2 Å². The Bertz CT molecular complexity index is 663. The average Bonchev–Trinajstić information content (AvgIpc) is 2.41. The van der Waals surface area contributed by atoms with Gasteiger partial charge in [-0.2, -0.15) is 13.2 Å². The zero-order valence-electron chi connectivity index (χ0n) is 12.7. The van der Waals surface area contributed by atoms with E-state index in [1.54, 1.807) is 0 Å². The zero-order chi connectivity index (χ0) is 18.8. The van der Waals surface area contributed by atoms with Crippen LogP contribution in [-0.2, 0) is 6.18 Å². The number of aliphatic hydroxyl groups is 1. The Balaban J connectivity index is 3.88. The van der Waals surface area contributed by atoms with Crippen molar-refractivity contribution in [3.05, 3.63) is 31.9 Å². The molecule has 0 radical (unpaired) electrons. The predicted octanol–water partition coefficient (Wildman–Crippen LogP) is 2.31. The topological polar surface area (TPSA) is 136 Å². The van der Waals surface area contributed by atoms with E-state index in [2.05, 4.69) is 0 Å². The van der Waals surface area contributed by atoms with Crippen molar-refractivity contribution in [1.29, 1.82) is 0 Å². The summed E-state index contributed by atoms with van der Waals surface area (Å²) in [5.74, 6) is 0. The quantitative estimate of drug-likeness (QED) is 0.455. The van der Waals surface area contributed by atoms with Gasteiger partial charge in [-0.05, 0) is 13.8 Å². The normalized spacial score (nSPS) is 12.8. The highest BCUT2D eigenvalue weighted by molar-refractivity contribution is 5.86. The van der Waals surface area contributed by atoms with Crippen LogP contribution >= 0.6 is 0 Å². The number of nitrogens with two attached hydrogens (primary N) is 1. The fraction of sp³-hybridized carbons (Fsp3) is 0.500. The molecule has 1 unspecified atom stereocenters. The molecular weight excluding hydrogens is 337 g/mol. The standard InChI is InChI=1S/C12H15F3N4O5/c1-3-17(5-6(2)20)10-8(18(21)22)4-7(12(13,14)15)9(16)11(10)19(23)24/h4,6,20H,3,5,16H2,1-2H3. The minimum absolute atomic E-state index is 0.0304. The van der Waals surface area contributed by atoms with Gasteiger partial charge in [-0.1, -0.05) is 0 Å². The lowest BCUT2D eigenvalue weighted by Crippen LogP contribution is -2.32. The Kier molecular flexibility index (Phi) is 5.55. The van der Waals surface area contributed by atoms with E-state index in [-0.39, 0.29) is 19.2 Å². The zero-order valence-corrected chi connectivity index (χ0v) is 12.7. The van der Waals surface area contributed by atoms with Crippen LogP contribution in [0.4, 0.5) is 35.9 Å². The van der Waals surface area contributed by atoms with Gasteiger partial charge in [0.2, 0.25) is 0 Å². The van der Waals surface area contributed by atoms with E-state index in [0.717, 1.165) is 4.90 Å². The summed E-state index contributed by atoms with van der Waals surface area (Å²) in [6.07, 6.45) is -6.13. The molecule has 0 amide bonds. The molecular formula is C12H15F3N4O5. The van der Waals surface area contributed by atoms with E-state index in [9.17, 15) is 38.5 Å². The van der Waals surface area contributed by atoms with Crippen LogP contribution in [0.25, 0.3) is 0 Å². The number of rotatable bonds is 6. The van der Waals surface area contributed by atoms with Crippen molar-refractivity contribution in [2.45, 2.75) is 26.1 Å². The molecule has 1 aromatic carbocycles. The third-order valence-electron chi connectivity index (χ3n) is 3.16. The number of nitrogen functional groups attached to an aromatic ring is 1. The molecule has 0 saturated heterocycles. The van der Waals surface area contributed by atoms with Gasteiger partial charge in [0, 0.05) is 19.2 Å². The van der Waals surface area contributed by atoms with Gasteiger partial charge < -0.3 is 15.7 Å². The number of aliphatic hydroxyl groups excluding tert-OH is 1. The highest BCUT2D eigenvalue weighted by atomic mass is 19.4. The van der Waals surface area contributed by atoms with Crippen molar-refractivity contribution in [2.24, 2.45) is 0 Å². The molecule has 0 aliphatic rings. The monoisotopic (exact) mass is 352 g/mol. The largest absolute Gasteiger partial charge is 0.418 e. The molecule has 0 aliphatic carbocycles. The molecule has 0 aliphatic heterocycles. The van der Waals surface area contributed by atoms with E-state index in [0.29, 0.717) is 0 Å². The summed E-state index contributed by atoms with van der Waals surface area (Å²) >= 11 is 0. The Morgan fingerprint density at radius 3 is 2.21 bits per heavy atom. The van der Waals surface area contributed by atoms with Gasteiger partial charge in [0.05, 0.1) is 21.5 Å². The van der Waals surface area contributed by atoms with Crippen LogP contribution in [0.3, 0.4) is 0 Å². The first kappa shape index (κ1) is 19.4. The number of nitrogens with zero attached hydrogens (tertiary/aromatic N) is 3. The Labute approximate surface area is 133 Å². The van der Waals surface area contributed by atoms with Gasteiger partial charge in [0.25, 0.3) is 5.69 Å². The second-order valence-corrected chi connectivity index (χ2v) is 4.95. The maximum atomic E-state index is 13.0. The van der Waals surface area contributed by atoms with Crippen LogP contribution in [0, 0.1) is 20.2 Å². The number of hydrogen-bond donors (Lipinski definition) is 2. The lowest BCUT2D eigenvalue weighted by Gasteiger charge is -2.25. The van der Waals surface area contributed by atoms with Gasteiger partial charge in [0.1, 0.15) is 5.69 Å². The van der Waals surface area contributed by atoms with E-state index in [4.69, 9.17) is 5.73 Å². The average molecular weight is 352 g/mol. The number of hydrogen-bond acceptors (Lipinski definition) is 7. The molecule has 1 rings (SSSR count). The third kappa shape index (κ3) is 3.82. The van der Waals surface area contributed by atoms with E-state index < -0.39 is 50.4 Å². The summed E-state index contributed by atoms with van der Waals surface area (Å²) in [6, 6.07) is 0.169. The van der Waals surface area contributed by atoms with Crippen LogP contribution < -0.4 is 10.6 Å². The molecule has 0 spiro atoms. The molecule has 0 saturated carbocycles. The molecule has 0 aromatic heterocycles. The summed E-state index contributed by atoms with van der Waals surface area (Å²) in [5, 5.41) is 31.9. The maximum Gasteiger partial charge on any atom is 0.418 e. The Morgan fingerprint density at radius 2 is 1.88 bits per heavy atom. The van der Waals surface area contributed by atoms with E-state index in [1.165, 1.54) is 13.8 Å². The van der Waals surface area contributed by atoms with Gasteiger partial charge in [-0.25, -0.2) is 0 Å². The molecule has 9 nitrogen and oxygen atoms in total. The highest BCUT2D eigenvalue weighted by Gasteiger charge is 2.42. The number of alkyl halides is 3. The van der Waals surface area contributed by atoms with Crippen molar-refractivity contribution in [3.63, 3.8) is 0 Å². The van der Waals surface area contributed by atoms with Crippen molar-refractivity contribution < 1.29 is 28.1 Å². The number of likely N-dealkylation sites (N-methyl/N-ethyl adjacent to an activating group) is 1. The summed E-state index contributed by atoms with van der Waals surface area (Å²) in [7, 11) is 0. The molecule has 1 atom stereocenters. The fourth-order valence-electron chi connectivity index (χ4n) is 2.23. The Hall–Kier alpha value is -2.63. The van der Waals surface area contributed by atoms with Crippen molar-refractivity contribution in [3.8, 4) is 0 Å². The van der Waals surface area contributed by atoms with Crippen LogP contribution in [0.1, 0.15) is 19.4 Å². The number of nitro groups is 2. The minimum Gasteiger partial charge on any atom is -0.393 e. The van der Waals surface area contributed by atoms with Crippen molar-refractivity contribution >= 4 is 22.7 Å². The smallest absolute Gasteiger partial charge is 0.393 e. The second-order valence-electron chi connectivity index (χ2n) is 4.95. The summed E-state index contributed by atoms with van der Waals surface area (Å²) in [5.41, 5.74) is -0.558. The number of benzene rings is 1. The number of halogens is 3. The minimum atomic E-state index is -5.10. The Morgan fingerprint density at radius 1 is 1.33 bits per heavy atom. The summed E-state index contributed by atoms with van der Waals surface area (Å²) in [6.45, 7) is 2.51. The summed E-state index contributed by atoms with van der Waals surface area (Å²) in [4.78, 5) is 21.1. The molecule has 0 bridgehead atoms. The maximum absolute atomic E-state index is 13.0. The first-order chi connectivity index (χ1) is 10.9. The highest BCUT2D eigenvalue weighted by Crippen LogP contribution is 2.48. The molecule has 0 heterocycles. The van der Waals surface area contributed by atoms with E-state index >= 15 is 0 Å². The lowest BCUT2D eigenvalue weighted by atomic mass is 10.1. The van der Waals surface area contributed by atoms with Gasteiger partial charge in [0.15, 0.2) is 5.69 Å². The van der Waals surface area contributed by atoms with Crippen molar-refractivity contribution in [2.75, 3.05) is 23.7 Å².